The van der Waals surface area contributed by atoms with Crippen LogP contribution >= 0.6 is 11.6 Å². The Morgan fingerprint density at radius 2 is 1.94 bits per heavy atom. The minimum Gasteiger partial charge on any atom is -0.462 e. The van der Waals surface area contributed by atoms with Gasteiger partial charge in [0.2, 0.25) is 0 Å². The van der Waals surface area contributed by atoms with E-state index in [0.29, 0.717) is 44.0 Å². The van der Waals surface area contributed by atoms with Crippen molar-refractivity contribution in [3.05, 3.63) is 17.2 Å². The summed E-state index contributed by atoms with van der Waals surface area (Å²) in [4.78, 5) is 31.1. The summed E-state index contributed by atoms with van der Waals surface area (Å²) in [6.07, 6.45) is 3.28. The summed E-state index contributed by atoms with van der Waals surface area (Å²) in [5.74, 6) is -0.185. The van der Waals surface area contributed by atoms with Crippen LogP contribution in [-0.4, -0.2) is 88.9 Å². The van der Waals surface area contributed by atoms with Crippen LogP contribution in [0.25, 0.3) is 10.9 Å². The highest BCUT2D eigenvalue weighted by molar-refractivity contribution is 6.30. The van der Waals surface area contributed by atoms with Crippen LogP contribution in [0.4, 0.5) is 15.0 Å². The zero-order chi connectivity index (χ0) is 23.8. The molecule has 0 spiro atoms. The van der Waals surface area contributed by atoms with Gasteiger partial charge in [0.1, 0.15) is 23.5 Å². The summed E-state index contributed by atoms with van der Waals surface area (Å²) in [6.45, 7) is 8.87. The van der Waals surface area contributed by atoms with E-state index in [-0.39, 0.29) is 28.8 Å². The second kappa shape index (κ2) is 9.42. The van der Waals surface area contributed by atoms with Gasteiger partial charge in [-0.1, -0.05) is 11.6 Å². The number of carbonyl (C=O) groups is 1. The van der Waals surface area contributed by atoms with Crippen LogP contribution in [0.2, 0.25) is 5.15 Å². The summed E-state index contributed by atoms with van der Waals surface area (Å²) >= 11 is 5.92. The summed E-state index contributed by atoms with van der Waals surface area (Å²) in [7, 11) is 2.06. The molecule has 2 aromatic heterocycles. The number of ether oxygens (including phenoxy) is 2. The number of halogens is 2. The maximum Gasteiger partial charge on any atom is 0.410 e. The number of likely N-dealkylation sites (tertiary alicyclic amines) is 1. The predicted octanol–water partition coefficient (Wildman–Crippen LogP) is 3.35. The third-order valence-electron chi connectivity index (χ3n) is 5.91. The Morgan fingerprint density at radius 1 is 1.21 bits per heavy atom. The van der Waals surface area contributed by atoms with Gasteiger partial charge in [-0.2, -0.15) is 9.97 Å². The molecule has 33 heavy (non-hydrogen) atoms. The molecule has 0 bridgehead atoms. The van der Waals surface area contributed by atoms with Crippen molar-refractivity contribution < 1.29 is 18.7 Å². The first-order valence-corrected chi connectivity index (χ1v) is 11.6. The average Bonchev–Trinajstić information content (AvgIpc) is 3.18. The largest absolute Gasteiger partial charge is 0.462 e. The first-order chi connectivity index (χ1) is 15.6. The van der Waals surface area contributed by atoms with Gasteiger partial charge >= 0.3 is 12.1 Å². The Hall–Kier alpha value is -2.46. The second-order valence-corrected chi connectivity index (χ2v) is 9.86. The smallest absolute Gasteiger partial charge is 0.410 e. The van der Waals surface area contributed by atoms with Crippen molar-refractivity contribution in [1.29, 1.82) is 0 Å². The van der Waals surface area contributed by atoms with E-state index < -0.39 is 11.4 Å². The Kier molecular flexibility index (Phi) is 6.76. The minimum absolute atomic E-state index is 0.0735. The van der Waals surface area contributed by atoms with Crippen molar-refractivity contribution in [2.45, 2.75) is 45.3 Å². The molecule has 0 unspecified atom stereocenters. The van der Waals surface area contributed by atoms with E-state index in [0.717, 1.165) is 19.4 Å². The second-order valence-electron chi connectivity index (χ2n) is 9.50. The molecule has 1 amide bonds. The number of amides is 1. The number of hydrogen-bond acceptors (Lipinski definition) is 8. The van der Waals surface area contributed by atoms with E-state index in [4.69, 9.17) is 21.1 Å². The number of fused-ring (bicyclic) bond motifs is 1. The van der Waals surface area contributed by atoms with E-state index >= 15 is 0 Å². The van der Waals surface area contributed by atoms with Crippen LogP contribution in [0, 0.1) is 5.82 Å². The van der Waals surface area contributed by atoms with E-state index in [1.165, 1.54) is 6.20 Å². The molecule has 2 aliphatic rings. The first kappa shape index (κ1) is 23.7. The highest BCUT2D eigenvalue weighted by Crippen LogP contribution is 2.31. The molecule has 2 aromatic rings. The zero-order valence-corrected chi connectivity index (χ0v) is 20.2. The van der Waals surface area contributed by atoms with Gasteiger partial charge in [-0.05, 0) is 47.2 Å². The van der Waals surface area contributed by atoms with Crippen molar-refractivity contribution in [1.82, 2.24) is 24.8 Å². The van der Waals surface area contributed by atoms with Crippen molar-refractivity contribution in [2.24, 2.45) is 0 Å². The Labute approximate surface area is 197 Å². The van der Waals surface area contributed by atoms with Gasteiger partial charge in [0.25, 0.3) is 0 Å². The minimum atomic E-state index is -0.701. The van der Waals surface area contributed by atoms with E-state index in [9.17, 15) is 9.18 Å². The number of pyridine rings is 1. The third-order valence-corrected chi connectivity index (χ3v) is 6.17. The number of likely N-dealkylation sites (N-methyl/N-ethyl adjacent to an activating group) is 1. The van der Waals surface area contributed by atoms with Crippen LogP contribution in [-0.2, 0) is 4.74 Å². The molecular weight excluding hydrogens is 451 g/mol. The number of hydrogen-bond donors (Lipinski definition) is 0. The van der Waals surface area contributed by atoms with Crippen LogP contribution < -0.4 is 9.64 Å². The van der Waals surface area contributed by atoms with Gasteiger partial charge in [-0.15, -0.1) is 0 Å². The number of carbonyl (C=O) groups excluding carboxylic acids is 1. The Bertz CT molecular complexity index is 1030. The Morgan fingerprint density at radius 3 is 2.58 bits per heavy atom. The molecule has 2 saturated heterocycles. The fourth-order valence-electron chi connectivity index (χ4n) is 4.09. The molecule has 11 heteroatoms. The molecule has 0 N–H and O–H groups in total. The maximum atomic E-state index is 14.8. The molecule has 2 fully saturated rings. The van der Waals surface area contributed by atoms with Gasteiger partial charge in [0.15, 0.2) is 11.0 Å². The predicted molar refractivity (Wildman–Crippen MR) is 123 cm³/mol. The molecule has 180 valence electrons. The lowest BCUT2D eigenvalue weighted by atomic mass is 10.2. The molecule has 0 saturated carbocycles. The van der Waals surface area contributed by atoms with Gasteiger partial charge in [-0.3, -0.25) is 0 Å². The molecule has 4 rings (SSSR count). The number of rotatable bonds is 4. The highest BCUT2D eigenvalue weighted by atomic mass is 35.5. The number of piperazine rings is 1. The summed E-state index contributed by atoms with van der Waals surface area (Å²) in [6, 6.07) is 0.379. The lowest BCUT2D eigenvalue weighted by molar-refractivity contribution is 0.0240. The third kappa shape index (κ3) is 5.38. The highest BCUT2D eigenvalue weighted by Gasteiger charge is 2.29. The molecule has 0 aromatic carbocycles. The number of nitrogens with zero attached hydrogens (tertiary/aromatic N) is 6. The molecular formula is C22H30ClFN6O3. The monoisotopic (exact) mass is 480 g/mol. The zero-order valence-electron chi connectivity index (χ0n) is 19.5. The quantitative estimate of drug-likeness (QED) is 0.616. The lowest BCUT2D eigenvalue weighted by Gasteiger charge is -2.36. The molecule has 4 heterocycles. The molecule has 2 aliphatic heterocycles. The SMILES string of the molecule is CN1CCC[C@H]1COc1nc(N2CCN(C(=O)OC(C)(C)C)CC2)c2cnc(Cl)c(F)c2n1. The van der Waals surface area contributed by atoms with Gasteiger partial charge in [0, 0.05) is 38.4 Å². The van der Waals surface area contributed by atoms with E-state index in [1.807, 2.05) is 25.7 Å². The average molecular weight is 481 g/mol. The van der Waals surface area contributed by atoms with Crippen molar-refractivity contribution in [3.63, 3.8) is 0 Å². The standard InChI is InChI=1S/C22H30ClFN6O3/c1-22(2,3)33-21(31)30-10-8-29(9-11-30)19-15-12-25-18(23)16(24)17(15)26-20(27-19)32-13-14-6-5-7-28(14)4/h12,14H,5-11,13H2,1-4H3/t14-/m0/s1. The van der Waals surface area contributed by atoms with Crippen LogP contribution in [0.15, 0.2) is 6.20 Å². The summed E-state index contributed by atoms with van der Waals surface area (Å²) in [5, 5.41) is 0.205. The first-order valence-electron chi connectivity index (χ1n) is 11.2. The fourth-order valence-corrected chi connectivity index (χ4v) is 4.23. The maximum absolute atomic E-state index is 14.8. The fraction of sp³-hybridized carbons (Fsp3) is 0.636. The summed E-state index contributed by atoms with van der Waals surface area (Å²) < 4.78 is 26.2. The summed E-state index contributed by atoms with van der Waals surface area (Å²) in [5.41, 5.74) is -0.483. The van der Waals surface area contributed by atoms with Crippen LogP contribution in [0.1, 0.15) is 33.6 Å². The molecule has 9 nitrogen and oxygen atoms in total. The van der Waals surface area contributed by atoms with Crippen molar-refractivity contribution in [2.75, 3.05) is 51.3 Å². The lowest BCUT2D eigenvalue weighted by Crippen LogP contribution is -2.50. The van der Waals surface area contributed by atoms with E-state index in [1.54, 1.807) is 4.90 Å². The molecule has 0 aliphatic carbocycles. The molecule has 0 radical (unpaired) electrons. The van der Waals surface area contributed by atoms with Gasteiger partial charge < -0.3 is 24.2 Å². The van der Waals surface area contributed by atoms with E-state index in [2.05, 4.69) is 26.9 Å². The van der Waals surface area contributed by atoms with Crippen molar-refractivity contribution in [3.8, 4) is 6.01 Å². The topological polar surface area (TPSA) is 83.9 Å². The van der Waals surface area contributed by atoms with Crippen LogP contribution in [0.3, 0.4) is 0 Å². The van der Waals surface area contributed by atoms with Crippen molar-refractivity contribution >= 4 is 34.4 Å². The van der Waals surface area contributed by atoms with Gasteiger partial charge in [0.05, 0.1) is 5.39 Å². The number of anilines is 1. The number of aromatic nitrogens is 3. The molecule has 1 atom stereocenters. The van der Waals surface area contributed by atoms with Crippen LogP contribution in [0.5, 0.6) is 6.01 Å². The Balaban J connectivity index is 1.56. The normalized spacial score (nSPS) is 19.9. The van der Waals surface area contributed by atoms with Gasteiger partial charge in [-0.25, -0.2) is 14.2 Å².